The van der Waals surface area contributed by atoms with Crippen molar-refractivity contribution in [1.82, 2.24) is 14.7 Å². The highest BCUT2D eigenvalue weighted by Gasteiger charge is 2.38. The minimum absolute atomic E-state index is 0.0768. The summed E-state index contributed by atoms with van der Waals surface area (Å²) in [7, 11) is -4.29. The molecule has 0 bridgehead atoms. The monoisotopic (exact) mass is 412 g/mol. The van der Waals surface area contributed by atoms with Gasteiger partial charge in [-0.3, -0.25) is 4.79 Å². The van der Waals surface area contributed by atoms with Crippen molar-refractivity contribution >= 4 is 32.7 Å². The molecular formula is C16H17FN4O6S. The van der Waals surface area contributed by atoms with Gasteiger partial charge >= 0.3 is 16.2 Å². The molecule has 1 unspecified atom stereocenters. The maximum atomic E-state index is 15.1. The van der Waals surface area contributed by atoms with Gasteiger partial charge in [0, 0.05) is 24.1 Å². The van der Waals surface area contributed by atoms with Gasteiger partial charge in [-0.15, -0.1) is 0 Å². The zero-order valence-electron chi connectivity index (χ0n) is 14.6. The summed E-state index contributed by atoms with van der Waals surface area (Å²) in [5.41, 5.74) is -0.886. The second kappa shape index (κ2) is 7.02. The van der Waals surface area contributed by atoms with Crippen LogP contribution in [0.15, 0.2) is 12.3 Å². The van der Waals surface area contributed by atoms with Crippen molar-refractivity contribution in [3.8, 4) is 11.8 Å². The quantitative estimate of drug-likeness (QED) is 0.741. The van der Waals surface area contributed by atoms with Crippen molar-refractivity contribution in [3.63, 3.8) is 0 Å². The van der Waals surface area contributed by atoms with E-state index in [0.29, 0.717) is 17.5 Å². The van der Waals surface area contributed by atoms with Crippen LogP contribution in [-0.2, 0) is 19.7 Å². The number of ether oxygens (including phenoxy) is 2. The number of hydrogen-bond acceptors (Lipinski definition) is 8. The first-order chi connectivity index (χ1) is 13.3. The topological polar surface area (TPSA) is 131 Å². The smallest absolute Gasteiger partial charge is 0.326 e. The van der Waals surface area contributed by atoms with Crippen molar-refractivity contribution < 1.29 is 32.2 Å². The van der Waals surface area contributed by atoms with Crippen molar-refractivity contribution in [1.29, 1.82) is 0 Å². The largest absolute Gasteiger partial charge is 0.506 e. The molecule has 10 nitrogen and oxygen atoms in total. The van der Waals surface area contributed by atoms with Crippen LogP contribution in [-0.4, -0.2) is 55.8 Å². The number of phenols is 1. The van der Waals surface area contributed by atoms with Gasteiger partial charge in [0.2, 0.25) is 0 Å². The molecule has 2 aliphatic rings. The molecule has 2 aliphatic heterocycles. The number of hydrogen-bond donors (Lipinski definition) is 2. The summed E-state index contributed by atoms with van der Waals surface area (Å²) in [5.74, 6) is -2.40. The number of halogens is 1. The van der Waals surface area contributed by atoms with E-state index in [0.717, 1.165) is 25.5 Å². The van der Waals surface area contributed by atoms with Crippen LogP contribution in [0, 0.1) is 11.7 Å². The van der Waals surface area contributed by atoms with Gasteiger partial charge in [0.15, 0.2) is 5.82 Å². The molecule has 0 saturated carbocycles. The van der Waals surface area contributed by atoms with Gasteiger partial charge in [-0.25, -0.2) is 18.4 Å². The molecule has 28 heavy (non-hydrogen) atoms. The van der Waals surface area contributed by atoms with Crippen molar-refractivity contribution in [2.45, 2.75) is 12.8 Å². The van der Waals surface area contributed by atoms with Crippen molar-refractivity contribution in [2.75, 3.05) is 30.7 Å². The lowest BCUT2D eigenvalue weighted by atomic mass is 10.0. The minimum atomic E-state index is -4.29. The standard InChI is InChI=1S/C16H17FN4O6S/c17-13-14-10(4-11(22)15(13)21-6-12(23)20-28(21,24)25)5-18-16(19-14)27-8-9-2-1-3-26-7-9/h4-5,9,22H,1-3,6-8H2,(H,20,23). The van der Waals surface area contributed by atoms with Gasteiger partial charge in [0.1, 0.15) is 23.5 Å². The van der Waals surface area contributed by atoms with Crippen LogP contribution in [0.4, 0.5) is 10.1 Å². The number of benzene rings is 1. The Morgan fingerprint density at radius 1 is 1.46 bits per heavy atom. The number of aromatic hydroxyl groups is 1. The lowest BCUT2D eigenvalue weighted by Crippen LogP contribution is -2.30. The van der Waals surface area contributed by atoms with Crippen LogP contribution in [0.1, 0.15) is 12.8 Å². The second-order valence-corrected chi connectivity index (χ2v) is 8.17. The molecule has 2 N–H and O–H groups in total. The Hall–Kier alpha value is -2.73. The highest BCUT2D eigenvalue weighted by Crippen LogP contribution is 2.37. The number of anilines is 1. The van der Waals surface area contributed by atoms with E-state index >= 15 is 4.39 Å². The van der Waals surface area contributed by atoms with Crippen LogP contribution in [0.5, 0.6) is 11.8 Å². The molecular weight excluding hydrogens is 395 g/mol. The first-order valence-electron chi connectivity index (χ1n) is 8.57. The minimum Gasteiger partial charge on any atom is -0.506 e. The van der Waals surface area contributed by atoms with E-state index in [1.54, 1.807) is 4.72 Å². The van der Waals surface area contributed by atoms with E-state index < -0.39 is 39.9 Å². The van der Waals surface area contributed by atoms with Crippen LogP contribution in [0.3, 0.4) is 0 Å². The van der Waals surface area contributed by atoms with E-state index in [1.165, 1.54) is 6.20 Å². The molecule has 0 radical (unpaired) electrons. The van der Waals surface area contributed by atoms with E-state index in [4.69, 9.17) is 9.47 Å². The van der Waals surface area contributed by atoms with Gasteiger partial charge in [-0.05, 0) is 18.9 Å². The average Bonchev–Trinajstić information content (AvgIpc) is 2.93. The molecule has 0 aliphatic carbocycles. The molecule has 1 aromatic carbocycles. The average molecular weight is 412 g/mol. The fourth-order valence-electron chi connectivity index (χ4n) is 3.18. The molecule has 0 spiro atoms. The number of phenolic OH excluding ortho intramolecular Hbond substituents is 1. The zero-order chi connectivity index (χ0) is 19.9. The Morgan fingerprint density at radius 3 is 2.96 bits per heavy atom. The van der Waals surface area contributed by atoms with Crippen LogP contribution in [0.25, 0.3) is 10.9 Å². The Balaban J connectivity index is 1.67. The number of rotatable bonds is 4. The summed E-state index contributed by atoms with van der Waals surface area (Å²) in [5, 5.41) is 10.3. The maximum Gasteiger partial charge on any atom is 0.326 e. The third-order valence-electron chi connectivity index (χ3n) is 4.52. The molecule has 4 rings (SSSR count). The van der Waals surface area contributed by atoms with E-state index in [2.05, 4.69) is 9.97 Å². The molecule has 2 fully saturated rings. The Kier molecular flexibility index (Phi) is 4.67. The summed E-state index contributed by atoms with van der Waals surface area (Å²) >= 11 is 0. The highest BCUT2D eigenvalue weighted by atomic mass is 32.2. The molecule has 1 amide bonds. The number of carbonyl (C=O) groups is 1. The van der Waals surface area contributed by atoms with Crippen LogP contribution in [0.2, 0.25) is 0 Å². The van der Waals surface area contributed by atoms with E-state index in [9.17, 15) is 18.3 Å². The van der Waals surface area contributed by atoms with Gasteiger partial charge in [0.05, 0.1) is 13.2 Å². The van der Waals surface area contributed by atoms with Crippen LogP contribution >= 0.6 is 0 Å². The third-order valence-corrected chi connectivity index (χ3v) is 5.90. The lowest BCUT2D eigenvalue weighted by molar-refractivity contribution is -0.117. The van der Waals surface area contributed by atoms with Crippen LogP contribution < -0.4 is 13.8 Å². The van der Waals surface area contributed by atoms with Crippen molar-refractivity contribution in [3.05, 3.63) is 18.1 Å². The molecule has 2 aromatic rings. The Morgan fingerprint density at radius 2 is 2.29 bits per heavy atom. The van der Waals surface area contributed by atoms with Gasteiger partial charge in [0.25, 0.3) is 5.91 Å². The summed E-state index contributed by atoms with van der Waals surface area (Å²) in [6, 6.07) is 1.05. The highest BCUT2D eigenvalue weighted by molar-refractivity contribution is 7.92. The molecule has 12 heteroatoms. The van der Waals surface area contributed by atoms with E-state index in [1.807, 2.05) is 0 Å². The second-order valence-electron chi connectivity index (χ2n) is 6.58. The fourth-order valence-corrected chi connectivity index (χ4v) is 4.34. The predicted octanol–water partition coefficient (Wildman–Crippen LogP) is 0.461. The number of nitrogens with zero attached hydrogens (tertiary/aromatic N) is 3. The summed E-state index contributed by atoms with van der Waals surface area (Å²) in [6.07, 6.45) is 3.14. The van der Waals surface area contributed by atoms with Gasteiger partial charge < -0.3 is 14.6 Å². The Labute approximate surface area is 159 Å². The summed E-state index contributed by atoms with van der Waals surface area (Å²) < 4.78 is 52.2. The summed E-state index contributed by atoms with van der Waals surface area (Å²) in [6.45, 7) is 0.941. The third kappa shape index (κ3) is 3.40. The first kappa shape index (κ1) is 18.6. The molecule has 2 saturated heterocycles. The van der Waals surface area contributed by atoms with Gasteiger partial charge in [-0.2, -0.15) is 13.4 Å². The fraction of sp³-hybridized carbons (Fsp3) is 0.438. The number of aromatic nitrogens is 2. The van der Waals surface area contributed by atoms with Crippen molar-refractivity contribution in [2.24, 2.45) is 5.92 Å². The molecule has 1 atom stereocenters. The molecule has 3 heterocycles. The number of fused-ring (bicyclic) bond motifs is 1. The normalized spacial score (nSPS) is 21.7. The maximum absolute atomic E-state index is 15.1. The number of amides is 1. The lowest BCUT2D eigenvalue weighted by Gasteiger charge is -2.21. The number of nitrogens with one attached hydrogen (secondary N) is 1. The summed E-state index contributed by atoms with van der Waals surface area (Å²) in [4.78, 5) is 19.4. The zero-order valence-corrected chi connectivity index (χ0v) is 15.4. The SMILES string of the molecule is O=C1CN(c2c(O)cc3cnc(OCC4CCCOC4)nc3c2F)S(=O)(=O)N1. The number of carbonyl (C=O) groups excluding carboxylic acids is 1. The molecule has 1 aromatic heterocycles. The Bertz CT molecular complexity index is 1040. The predicted molar refractivity (Wildman–Crippen MR) is 94.6 cm³/mol. The van der Waals surface area contributed by atoms with E-state index in [-0.39, 0.29) is 22.8 Å². The van der Waals surface area contributed by atoms with Gasteiger partial charge in [-0.1, -0.05) is 0 Å². The molecule has 150 valence electrons. The first-order valence-corrected chi connectivity index (χ1v) is 10.0.